The van der Waals surface area contributed by atoms with E-state index in [1.807, 2.05) is 6.07 Å². The minimum atomic E-state index is -3.90. The van der Waals surface area contributed by atoms with Crippen LogP contribution in [0.2, 0.25) is 5.02 Å². The van der Waals surface area contributed by atoms with E-state index in [0.29, 0.717) is 0 Å². The summed E-state index contributed by atoms with van der Waals surface area (Å²) in [5, 5.41) is 8.46. The number of rotatable bonds is 1. The van der Waals surface area contributed by atoms with Gasteiger partial charge in [0.15, 0.2) is 0 Å². The molecule has 1 aromatic carbocycles. The Morgan fingerprint density at radius 1 is 1.43 bits per heavy atom. The molecule has 0 fully saturated rings. The van der Waals surface area contributed by atoms with Gasteiger partial charge in [-0.15, -0.1) is 12.6 Å². The smallest absolute Gasteiger partial charge is 0.207 e. The van der Waals surface area contributed by atoms with Gasteiger partial charge in [0, 0.05) is 15.6 Å². The average molecular weight is 268 g/mol. The quantitative estimate of drug-likeness (QED) is 0.628. The Kier molecular flexibility index (Phi) is 3.32. The maximum atomic E-state index is 11.0. The normalized spacial score (nSPS) is 11.0. The molecule has 1 rings (SSSR count). The maximum absolute atomic E-state index is 11.0. The molecule has 0 aromatic heterocycles. The van der Waals surface area contributed by atoms with Gasteiger partial charge in [-0.05, 0) is 12.1 Å². The van der Waals surface area contributed by atoms with Crippen LogP contribution < -0.4 is 0 Å². The van der Waals surface area contributed by atoms with Crippen LogP contribution in [0.1, 0.15) is 5.56 Å². The summed E-state index contributed by atoms with van der Waals surface area (Å²) in [5.74, 6) is 0. The van der Waals surface area contributed by atoms with E-state index in [2.05, 4.69) is 12.6 Å². The van der Waals surface area contributed by atoms with Gasteiger partial charge >= 0.3 is 0 Å². The predicted octanol–water partition coefficient (Wildman–Crippen LogP) is 2.43. The van der Waals surface area contributed by atoms with Gasteiger partial charge in [0.25, 0.3) is 9.05 Å². The van der Waals surface area contributed by atoms with Crippen molar-refractivity contribution in [3.8, 4) is 6.07 Å². The Morgan fingerprint density at radius 3 is 2.43 bits per heavy atom. The molecule has 0 aliphatic heterocycles. The summed E-state index contributed by atoms with van der Waals surface area (Å²) < 4.78 is 21.9. The first-order chi connectivity index (χ1) is 6.38. The van der Waals surface area contributed by atoms with Crippen molar-refractivity contribution in [3.05, 3.63) is 22.7 Å². The van der Waals surface area contributed by atoms with Crippen molar-refractivity contribution >= 4 is 44.0 Å². The minimum Gasteiger partial charge on any atom is -0.207 e. The number of benzene rings is 1. The zero-order valence-electron chi connectivity index (χ0n) is 6.53. The summed E-state index contributed by atoms with van der Waals surface area (Å²) in [6.07, 6.45) is 0. The second-order valence-electron chi connectivity index (χ2n) is 2.32. The largest absolute Gasteiger partial charge is 0.262 e. The molecule has 0 unspecified atom stereocenters. The van der Waals surface area contributed by atoms with Gasteiger partial charge in [-0.25, -0.2) is 8.42 Å². The molecule has 14 heavy (non-hydrogen) atoms. The Morgan fingerprint density at radius 2 is 2.00 bits per heavy atom. The molecule has 0 amide bonds. The number of halogens is 2. The van der Waals surface area contributed by atoms with E-state index in [4.69, 9.17) is 27.5 Å². The van der Waals surface area contributed by atoms with Crippen molar-refractivity contribution in [3.63, 3.8) is 0 Å². The summed E-state index contributed by atoms with van der Waals surface area (Å²) in [6.45, 7) is 0. The van der Waals surface area contributed by atoms with Crippen molar-refractivity contribution in [1.82, 2.24) is 0 Å². The number of nitriles is 1. The molecule has 3 nitrogen and oxygen atoms in total. The van der Waals surface area contributed by atoms with Crippen molar-refractivity contribution in [2.75, 3.05) is 0 Å². The molecular weight excluding hydrogens is 265 g/mol. The lowest BCUT2D eigenvalue weighted by molar-refractivity contribution is 0.609. The number of nitrogens with zero attached hydrogens (tertiary/aromatic N) is 1. The maximum Gasteiger partial charge on any atom is 0.262 e. The molecule has 74 valence electrons. The van der Waals surface area contributed by atoms with E-state index in [1.165, 1.54) is 12.1 Å². The van der Waals surface area contributed by atoms with Gasteiger partial charge < -0.3 is 0 Å². The van der Waals surface area contributed by atoms with Gasteiger partial charge in [-0.1, -0.05) is 11.6 Å². The second-order valence-corrected chi connectivity index (χ2v) is 5.68. The number of hydrogen-bond donors (Lipinski definition) is 1. The molecule has 0 atom stereocenters. The van der Waals surface area contributed by atoms with Crippen LogP contribution in [0.4, 0.5) is 0 Å². The first-order valence-electron chi connectivity index (χ1n) is 3.24. The van der Waals surface area contributed by atoms with Crippen LogP contribution in [-0.2, 0) is 9.05 Å². The molecule has 0 heterocycles. The van der Waals surface area contributed by atoms with Crippen LogP contribution in [-0.4, -0.2) is 8.42 Å². The SMILES string of the molecule is N#Cc1ccc(S(=O)(=O)Cl)c(Cl)c1S. The Labute approximate surface area is 96.1 Å². The van der Waals surface area contributed by atoms with E-state index in [-0.39, 0.29) is 20.4 Å². The summed E-state index contributed by atoms with van der Waals surface area (Å²) >= 11 is 9.59. The lowest BCUT2D eigenvalue weighted by Crippen LogP contribution is -1.94. The minimum absolute atomic E-state index is 0.107. The zero-order chi connectivity index (χ0) is 10.9. The molecule has 0 bridgehead atoms. The molecular formula is C7H3Cl2NO2S2. The van der Waals surface area contributed by atoms with E-state index in [0.717, 1.165) is 0 Å². The number of hydrogen-bond acceptors (Lipinski definition) is 4. The fraction of sp³-hybridized carbons (Fsp3) is 0. The fourth-order valence-electron chi connectivity index (χ4n) is 0.825. The molecule has 0 radical (unpaired) electrons. The van der Waals surface area contributed by atoms with Crippen molar-refractivity contribution in [2.24, 2.45) is 0 Å². The average Bonchev–Trinajstić information content (AvgIpc) is 2.07. The number of thiol groups is 1. The summed E-state index contributed by atoms with van der Waals surface area (Å²) in [7, 11) is 1.20. The molecule has 1 aromatic rings. The van der Waals surface area contributed by atoms with Crippen molar-refractivity contribution in [2.45, 2.75) is 9.79 Å². The summed E-state index contributed by atoms with van der Waals surface area (Å²) in [6, 6.07) is 4.28. The topological polar surface area (TPSA) is 57.9 Å². The van der Waals surface area contributed by atoms with Gasteiger partial charge in [0.1, 0.15) is 11.0 Å². The first kappa shape index (κ1) is 11.7. The lowest BCUT2D eigenvalue weighted by atomic mass is 10.2. The van der Waals surface area contributed by atoms with Gasteiger partial charge in [0.05, 0.1) is 10.6 Å². The van der Waals surface area contributed by atoms with E-state index < -0.39 is 9.05 Å². The summed E-state index contributed by atoms with van der Waals surface area (Å²) in [5.41, 5.74) is 0.197. The van der Waals surface area contributed by atoms with Crippen LogP contribution >= 0.6 is 34.9 Å². The Balaban J connectivity index is 3.57. The molecule has 0 saturated carbocycles. The highest BCUT2D eigenvalue weighted by Gasteiger charge is 2.18. The first-order valence-corrected chi connectivity index (χ1v) is 6.37. The standard InChI is InChI=1S/C7H3Cl2NO2S2/c8-6-5(14(9,11)12)2-1-4(3-10)7(6)13/h1-2,13H. The zero-order valence-corrected chi connectivity index (χ0v) is 9.75. The third-order valence-electron chi connectivity index (χ3n) is 1.46. The monoisotopic (exact) mass is 267 g/mol. The van der Waals surface area contributed by atoms with Crippen LogP contribution in [0.5, 0.6) is 0 Å². The second kappa shape index (κ2) is 3.99. The van der Waals surface area contributed by atoms with Crippen LogP contribution in [0.3, 0.4) is 0 Å². The summed E-state index contributed by atoms with van der Waals surface area (Å²) in [4.78, 5) is -0.138. The Hall–Kier alpha value is -0.410. The van der Waals surface area contributed by atoms with Crippen molar-refractivity contribution < 1.29 is 8.42 Å². The van der Waals surface area contributed by atoms with E-state index in [1.54, 1.807) is 0 Å². The highest BCUT2D eigenvalue weighted by molar-refractivity contribution is 8.13. The molecule has 7 heteroatoms. The molecule has 0 aliphatic carbocycles. The lowest BCUT2D eigenvalue weighted by Gasteiger charge is -2.03. The van der Waals surface area contributed by atoms with Crippen LogP contribution in [0, 0.1) is 11.3 Å². The van der Waals surface area contributed by atoms with Gasteiger partial charge in [-0.2, -0.15) is 5.26 Å². The molecule has 0 aliphatic rings. The van der Waals surface area contributed by atoms with E-state index >= 15 is 0 Å². The highest BCUT2D eigenvalue weighted by atomic mass is 35.7. The van der Waals surface area contributed by atoms with Gasteiger partial charge in [0.2, 0.25) is 0 Å². The molecule has 0 saturated heterocycles. The third kappa shape index (κ3) is 2.15. The Bertz CT molecular complexity index is 519. The molecule has 0 N–H and O–H groups in total. The fourth-order valence-corrected chi connectivity index (χ4v) is 2.67. The van der Waals surface area contributed by atoms with Crippen LogP contribution in [0.25, 0.3) is 0 Å². The van der Waals surface area contributed by atoms with E-state index in [9.17, 15) is 8.42 Å². The van der Waals surface area contributed by atoms with Gasteiger partial charge in [-0.3, -0.25) is 0 Å². The highest BCUT2D eigenvalue weighted by Crippen LogP contribution is 2.32. The predicted molar refractivity (Wildman–Crippen MR) is 56.5 cm³/mol. The van der Waals surface area contributed by atoms with Crippen molar-refractivity contribution in [1.29, 1.82) is 5.26 Å². The third-order valence-corrected chi connectivity index (χ3v) is 3.93. The molecule has 0 spiro atoms. The van der Waals surface area contributed by atoms with Crippen LogP contribution in [0.15, 0.2) is 21.9 Å².